The van der Waals surface area contributed by atoms with Gasteiger partial charge in [0.1, 0.15) is 5.69 Å². The minimum absolute atomic E-state index is 0.152. The van der Waals surface area contributed by atoms with Crippen LogP contribution < -0.4 is 0 Å². The first-order chi connectivity index (χ1) is 6.54. The summed E-state index contributed by atoms with van der Waals surface area (Å²) in [5.41, 5.74) is 2.36. The highest BCUT2D eigenvalue weighted by atomic mass is 16.5. The van der Waals surface area contributed by atoms with Crippen LogP contribution in [-0.4, -0.2) is 16.1 Å². The molecule has 0 radical (unpaired) electrons. The molecular weight excluding hydrogens is 180 g/mol. The number of rotatable bonds is 1. The third-order valence-corrected chi connectivity index (χ3v) is 2.34. The zero-order valence-corrected chi connectivity index (χ0v) is 8.70. The summed E-state index contributed by atoms with van der Waals surface area (Å²) < 4.78 is 7.02. The van der Waals surface area contributed by atoms with Crippen molar-refractivity contribution in [1.29, 1.82) is 0 Å². The lowest BCUT2D eigenvalue weighted by Crippen LogP contribution is -2.25. The van der Waals surface area contributed by atoms with Gasteiger partial charge in [0.15, 0.2) is 6.29 Å². The van der Waals surface area contributed by atoms with Gasteiger partial charge >= 0.3 is 0 Å². The second kappa shape index (κ2) is 2.92. The largest absolute Gasteiger partial charge is 0.370 e. The van der Waals surface area contributed by atoms with Crippen LogP contribution in [-0.2, 0) is 23.5 Å². The Kier molecular flexibility index (Phi) is 1.96. The van der Waals surface area contributed by atoms with Gasteiger partial charge in [-0.1, -0.05) is 0 Å². The second-order valence-electron chi connectivity index (χ2n) is 4.50. The smallest absolute Gasteiger partial charge is 0.168 e. The normalized spacial score (nSPS) is 15.6. The highest BCUT2D eigenvalue weighted by Crippen LogP contribution is 2.26. The molecule has 0 fully saturated rings. The van der Waals surface area contributed by atoms with E-state index in [1.165, 1.54) is 0 Å². The fraction of sp³-hybridized carbons (Fsp3) is 0.600. The minimum atomic E-state index is -0.152. The van der Waals surface area contributed by atoms with Crippen molar-refractivity contribution >= 4 is 6.29 Å². The maximum Gasteiger partial charge on any atom is 0.168 e. The summed E-state index contributed by atoms with van der Waals surface area (Å²) in [6, 6.07) is 0. The predicted octanol–water partition coefficient (Wildman–Crippen LogP) is 1.48. The average molecular weight is 194 g/mol. The summed E-state index contributed by atoms with van der Waals surface area (Å²) >= 11 is 0. The fourth-order valence-electron chi connectivity index (χ4n) is 1.67. The Balaban J connectivity index is 2.58. The van der Waals surface area contributed by atoms with Crippen molar-refractivity contribution in [2.75, 3.05) is 0 Å². The molecule has 2 rings (SSSR count). The number of ether oxygens (including phenoxy) is 1. The first kappa shape index (κ1) is 9.40. The van der Waals surface area contributed by atoms with Gasteiger partial charge in [-0.25, -0.2) is 0 Å². The molecule has 0 aromatic carbocycles. The Labute approximate surface area is 82.9 Å². The SMILES string of the molecule is CC(C)(C)n1nc2c(c1C=O)COC2. The lowest BCUT2D eigenvalue weighted by Gasteiger charge is -2.21. The van der Waals surface area contributed by atoms with E-state index in [1.54, 1.807) is 4.68 Å². The Hall–Kier alpha value is -1.16. The molecule has 0 bridgehead atoms. The fourth-order valence-corrected chi connectivity index (χ4v) is 1.67. The summed E-state index contributed by atoms with van der Waals surface area (Å²) in [6.45, 7) is 7.13. The number of aldehydes is 1. The summed E-state index contributed by atoms with van der Waals surface area (Å²) in [6.07, 6.45) is 0.867. The van der Waals surface area contributed by atoms with Crippen molar-refractivity contribution in [3.8, 4) is 0 Å². The Morgan fingerprint density at radius 3 is 2.71 bits per heavy atom. The van der Waals surface area contributed by atoms with Crippen LogP contribution in [0.15, 0.2) is 0 Å². The monoisotopic (exact) mass is 194 g/mol. The molecule has 76 valence electrons. The van der Waals surface area contributed by atoms with Gasteiger partial charge in [-0.2, -0.15) is 5.10 Å². The molecule has 1 aliphatic rings. The highest BCUT2D eigenvalue weighted by Gasteiger charge is 2.27. The molecule has 0 unspecified atom stereocenters. The summed E-state index contributed by atoms with van der Waals surface area (Å²) in [5, 5.41) is 4.39. The number of carbonyl (C=O) groups is 1. The summed E-state index contributed by atoms with van der Waals surface area (Å²) in [7, 11) is 0. The van der Waals surface area contributed by atoms with E-state index in [0.717, 1.165) is 17.5 Å². The van der Waals surface area contributed by atoms with Crippen molar-refractivity contribution in [2.45, 2.75) is 39.5 Å². The Morgan fingerprint density at radius 1 is 1.43 bits per heavy atom. The molecule has 2 heterocycles. The van der Waals surface area contributed by atoms with Crippen LogP contribution in [0.1, 0.15) is 42.5 Å². The van der Waals surface area contributed by atoms with Crippen LogP contribution in [0.3, 0.4) is 0 Å². The third kappa shape index (κ3) is 1.26. The van der Waals surface area contributed by atoms with E-state index in [4.69, 9.17) is 4.74 Å². The average Bonchev–Trinajstić information content (AvgIpc) is 2.58. The maximum absolute atomic E-state index is 11.0. The van der Waals surface area contributed by atoms with E-state index >= 15 is 0 Å². The number of fused-ring (bicyclic) bond motifs is 1. The van der Waals surface area contributed by atoms with Gasteiger partial charge in [0.25, 0.3) is 0 Å². The van der Waals surface area contributed by atoms with Crippen LogP contribution in [0, 0.1) is 0 Å². The van der Waals surface area contributed by atoms with Crippen LogP contribution >= 0.6 is 0 Å². The van der Waals surface area contributed by atoms with E-state index in [0.29, 0.717) is 18.9 Å². The topological polar surface area (TPSA) is 44.1 Å². The zero-order chi connectivity index (χ0) is 10.3. The molecule has 0 saturated heterocycles. The lowest BCUT2D eigenvalue weighted by molar-refractivity contribution is 0.108. The van der Waals surface area contributed by atoms with Crippen LogP contribution in [0.5, 0.6) is 0 Å². The molecule has 0 atom stereocenters. The summed E-state index contributed by atoms with van der Waals surface area (Å²) in [4.78, 5) is 11.0. The zero-order valence-electron chi connectivity index (χ0n) is 8.70. The molecule has 1 aliphatic heterocycles. The van der Waals surface area contributed by atoms with E-state index in [1.807, 2.05) is 20.8 Å². The quantitative estimate of drug-likeness (QED) is 0.636. The molecule has 0 spiro atoms. The molecule has 1 aromatic rings. The standard InChI is InChI=1S/C10H14N2O2/c1-10(2,3)12-9(4-13)7-5-14-6-8(7)11-12/h4H,5-6H2,1-3H3. The Bertz CT molecular complexity index is 374. The molecular formula is C10H14N2O2. The van der Waals surface area contributed by atoms with Crippen molar-refractivity contribution in [3.63, 3.8) is 0 Å². The first-order valence-corrected chi connectivity index (χ1v) is 4.68. The maximum atomic E-state index is 11.0. The van der Waals surface area contributed by atoms with Gasteiger partial charge in [-0.05, 0) is 20.8 Å². The van der Waals surface area contributed by atoms with Gasteiger partial charge in [-0.15, -0.1) is 0 Å². The van der Waals surface area contributed by atoms with E-state index in [2.05, 4.69) is 5.10 Å². The van der Waals surface area contributed by atoms with Gasteiger partial charge in [0.2, 0.25) is 0 Å². The van der Waals surface area contributed by atoms with Crippen LogP contribution in [0.25, 0.3) is 0 Å². The highest BCUT2D eigenvalue weighted by molar-refractivity contribution is 5.75. The van der Waals surface area contributed by atoms with Crippen molar-refractivity contribution < 1.29 is 9.53 Å². The molecule has 14 heavy (non-hydrogen) atoms. The second-order valence-corrected chi connectivity index (χ2v) is 4.50. The number of carbonyl (C=O) groups excluding carboxylic acids is 1. The van der Waals surface area contributed by atoms with Gasteiger partial charge in [0, 0.05) is 5.56 Å². The molecule has 1 aromatic heterocycles. The van der Waals surface area contributed by atoms with E-state index in [9.17, 15) is 4.79 Å². The molecule has 0 aliphatic carbocycles. The minimum Gasteiger partial charge on any atom is -0.370 e. The van der Waals surface area contributed by atoms with Gasteiger partial charge in [-0.3, -0.25) is 9.48 Å². The lowest BCUT2D eigenvalue weighted by atomic mass is 10.1. The van der Waals surface area contributed by atoms with Crippen molar-refractivity contribution in [3.05, 3.63) is 17.0 Å². The molecule has 0 saturated carbocycles. The number of hydrogen-bond donors (Lipinski definition) is 0. The van der Waals surface area contributed by atoms with Crippen molar-refractivity contribution in [1.82, 2.24) is 9.78 Å². The molecule has 0 amide bonds. The number of aromatic nitrogens is 2. The summed E-state index contributed by atoms with van der Waals surface area (Å²) in [5.74, 6) is 0. The van der Waals surface area contributed by atoms with Gasteiger partial charge in [0.05, 0.1) is 24.4 Å². The third-order valence-electron chi connectivity index (χ3n) is 2.34. The Morgan fingerprint density at radius 2 is 2.14 bits per heavy atom. The van der Waals surface area contributed by atoms with Crippen LogP contribution in [0.4, 0.5) is 0 Å². The molecule has 4 nitrogen and oxygen atoms in total. The predicted molar refractivity (Wildman–Crippen MR) is 51.1 cm³/mol. The number of nitrogens with zero attached hydrogens (tertiary/aromatic N) is 2. The number of hydrogen-bond acceptors (Lipinski definition) is 3. The van der Waals surface area contributed by atoms with E-state index < -0.39 is 0 Å². The van der Waals surface area contributed by atoms with E-state index in [-0.39, 0.29) is 5.54 Å². The first-order valence-electron chi connectivity index (χ1n) is 4.68. The van der Waals surface area contributed by atoms with Crippen molar-refractivity contribution in [2.24, 2.45) is 0 Å². The van der Waals surface area contributed by atoms with Gasteiger partial charge < -0.3 is 4.74 Å². The molecule has 4 heteroatoms. The molecule has 0 N–H and O–H groups in total. The van der Waals surface area contributed by atoms with Crippen LogP contribution in [0.2, 0.25) is 0 Å².